The fourth-order valence-corrected chi connectivity index (χ4v) is 4.14. The van der Waals surface area contributed by atoms with Gasteiger partial charge in [0.15, 0.2) is 11.5 Å². The number of nitrogens with zero attached hydrogens (tertiary/aromatic N) is 3. The number of benzene rings is 2. The van der Waals surface area contributed by atoms with Crippen LogP contribution in [0.5, 0.6) is 5.75 Å². The second-order valence-electron chi connectivity index (χ2n) is 8.85. The van der Waals surface area contributed by atoms with Gasteiger partial charge < -0.3 is 19.7 Å². The molecule has 11 nitrogen and oxygen atoms in total. The maximum atomic E-state index is 12.7. The number of carbonyl (C=O) groups excluding carboxylic acids is 2. The van der Waals surface area contributed by atoms with Gasteiger partial charge in [-0.1, -0.05) is 12.1 Å². The quantitative estimate of drug-likeness (QED) is 0.241. The monoisotopic (exact) mass is 505 g/mol. The molecule has 2 aromatic carbocycles. The van der Waals surface area contributed by atoms with Crippen LogP contribution in [0.3, 0.4) is 0 Å². The minimum Gasteiger partial charge on any atom is -0.508 e. The molecule has 11 heteroatoms. The predicted molar refractivity (Wildman–Crippen MR) is 136 cm³/mol. The van der Waals surface area contributed by atoms with Crippen molar-refractivity contribution in [2.24, 2.45) is 0 Å². The molecule has 1 unspecified atom stereocenters. The summed E-state index contributed by atoms with van der Waals surface area (Å²) < 4.78 is 6.56. The molecule has 2 heterocycles. The number of amides is 1. The van der Waals surface area contributed by atoms with Crippen molar-refractivity contribution < 1.29 is 19.4 Å². The Balaban J connectivity index is 1.54. The Morgan fingerprint density at radius 2 is 1.81 bits per heavy atom. The molecule has 0 aromatic heterocycles. The van der Waals surface area contributed by atoms with Gasteiger partial charge in [-0.25, -0.2) is 14.6 Å². The number of phenolic OH excluding ortho intramolecular Hbond substituents is 1. The van der Waals surface area contributed by atoms with Crippen LogP contribution in [0.2, 0.25) is 0 Å². The van der Waals surface area contributed by atoms with E-state index in [-0.39, 0.29) is 42.6 Å². The Bertz CT molecular complexity index is 1560. The molecule has 37 heavy (non-hydrogen) atoms. The topological polar surface area (TPSA) is 156 Å². The maximum absolute atomic E-state index is 12.7. The minimum atomic E-state index is -0.897. The smallest absolute Gasteiger partial charge is 0.349 e. The molecule has 1 amide bonds. The third-order valence-electron chi connectivity index (χ3n) is 6.21. The minimum absolute atomic E-state index is 0.0412. The van der Waals surface area contributed by atoms with Gasteiger partial charge in [0, 0.05) is 19.4 Å². The van der Waals surface area contributed by atoms with Crippen molar-refractivity contribution in [3.63, 3.8) is 0 Å². The lowest BCUT2D eigenvalue weighted by atomic mass is 10.1. The Labute approximate surface area is 211 Å². The van der Waals surface area contributed by atoms with Gasteiger partial charge in [-0.15, -0.1) is 0 Å². The van der Waals surface area contributed by atoms with Crippen LogP contribution in [0.25, 0.3) is 22.6 Å². The highest BCUT2D eigenvalue weighted by Gasteiger charge is 2.23. The summed E-state index contributed by atoms with van der Waals surface area (Å²) in [6.07, 6.45) is 0.609. The molecule has 4 rings (SSSR count). The highest BCUT2D eigenvalue weighted by molar-refractivity contribution is 5.85. The number of aromatic amines is 1. The van der Waals surface area contributed by atoms with Gasteiger partial charge >= 0.3 is 11.7 Å². The Hall–Kier alpha value is -4.54. The molecule has 0 bridgehead atoms. The molecule has 0 fully saturated rings. The fourth-order valence-electron chi connectivity index (χ4n) is 4.14. The average molecular weight is 506 g/mol. The summed E-state index contributed by atoms with van der Waals surface area (Å²) in [6.45, 7) is 4.17. The highest BCUT2D eigenvalue weighted by atomic mass is 16.5. The third-order valence-corrected chi connectivity index (χ3v) is 6.21. The third kappa shape index (κ3) is 5.66. The summed E-state index contributed by atoms with van der Waals surface area (Å²) >= 11 is 0. The number of fused-ring (bicyclic) bond motifs is 2. The first-order valence-corrected chi connectivity index (χ1v) is 11.7. The van der Waals surface area contributed by atoms with E-state index < -0.39 is 23.3 Å². The number of H-pyrrole nitrogens is 1. The van der Waals surface area contributed by atoms with Crippen LogP contribution in [0, 0.1) is 13.8 Å². The molecule has 2 aliphatic heterocycles. The SMILES string of the molecule is COC(=O)C(Cc1ccc(O)cc1)NC(=O)CCCn1c2nc(=O)[nH]c(=O)c-2nc2cc(C)c(C)cc21. The summed E-state index contributed by atoms with van der Waals surface area (Å²) in [5.74, 6) is -0.703. The molecule has 1 atom stereocenters. The van der Waals surface area contributed by atoms with Gasteiger partial charge in [-0.05, 0) is 61.2 Å². The lowest BCUT2D eigenvalue weighted by Crippen LogP contribution is -2.43. The number of ether oxygens (including phenoxy) is 1. The van der Waals surface area contributed by atoms with Crippen LogP contribution in [-0.2, 0) is 27.3 Å². The molecular weight excluding hydrogens is 478 g/mol. The highest BCUT2D eigenvalue weighted by Crippen LogP contribution is 2.24. The number of phenols is 1. The van der Waals surface area contributed by atoms with Gasteiger partial charge in [0.25, 0.3) is 5.56 Å². The van der Waals surface area contributed by atoms with Crippen LogP contribution in [-0.4, -0.2) is 49.7 Å². The molecule has 2 aliphatic rings. The van der Waals surface area contributed by atoms with Crippen LogP contribution in [0.1, 0.15) is 29.5 Å². The van der Waals surface area contributed by atoms with Crippen molar-refractivity contribution in [3.8, 4) is 17.3 Å². The molecule has 0 radical (unpaired) electrons. The van der Waals surface area contributed by atoms with Crippen LogP contribution < -0.4 is 16.6 Å². The van der Waals surface area contributed by atoms with Crippen LogP contribution in [0.4, 0.5) is 0 Å². The number of carbonyl (C=O) groups is 2. The van der Waals surface area contributed by atoms with Crippen molar-refractivity contribution in [2.45, 2.75) is 45.7 Å². The Kier molecular flexibility index (Phi) is 7.32. The Morgan fingerprint density at radius 1 is 1.11 bits per heavy atom. The molecule has 0 saturated carbocycles. The molecule has 0 aliphatic carbocycles. The molecular formula is C26H27N5O6. The number of hydrogen-bond donors (Lipinski definition) is 3. The lowest BCUT2D eigenvalue weighted by Gasteiger charge is -2.19. The second-order valence-corrected chi connectivity index (χ2v) is 8.85. The Morgan fingerprint density at radius 3 is 2.51 bits per heavy atom. The number of hydrogen-bond acceptors (Lipinski definition) is 8. The summed E-state index contributed by atoms with van der Waals surface area (Å²) in [5, 5.41) is 12.2. The van der Waals surface area contributed by atoms with Gasteiger partial charge in [0.05, 0.1) is 18.1 Å². The first kappa shape index (κ1) is 25.5. The zero-order valence-corrected chi connectivity index (χ0v) is 20.7. The van der Waals surface area contributed by atoms with Gasteiger partial charge in [0.1, 0.15) is 11.8 Å². The van der Waals surface area contributed by atoms with E-state index in [9.17, 15) is 24.3 Å². The van der Waals surface area contributed by atoms with Crippen molar-refractivity contribution in [2.75, 3.05) is 7.11 Å². The average Bonchev–Trinajstić information content (AvgIpc) is 2.85. The van der Waals surface area contributed by atoms with Gasteiger partial charge in [-0.2, -0.15) is 4.98 Å². The zero-order chi connectivity index (χ0) is 26.7. The van der Waals surface area contributed by atoms with E-state index >= 15 is 0 Å². The maximum Gasteiger partial charge on any atom is 0.349 e. The number of aromatic nitrogens is 4. The number of esters is 1. The van der Waals surface area contributed by atoms with E-state index in [0.29, 0.717) is 17.5 Å². The standard InChI is InChI=1S/C26H27N5O6/c1-14-11-18-20(12-15(14)2)31(23-22(28-18)24(34)30-26(36)29-23)10-4-5-21(33)27-19(25(35)37-3)13-16-6-8-17(32)9-7-16/h6-9,11-12,19,32H,4-5,10,13H2,1-3H3,(H,27,33)(H,30,34,36). The summed E-state index contributed by atoms with van der Waals surface area (Å²) in [5.41, 5.74) is 2.65. The predicted octanol–water partition coefficient (Wildman–Crippen LogP) is 1.59. The molecule has 2 aromatic rings. The van der Waals surface area contributed by atoms with Crippen molar-refractivity contribution >= 4 is 22.9 Å². The van der Waals surface area contributed by atoms with Crippen molar-refractivity contribution in [1.82, 2.24) is 24.8 Å². The van der Waals surface area contributed by atoms with Crippen molar-refractivity contribution in [3.05, 3.63) is 73.9 Å². The number of methoxy groups -OCH3 is 1. The van der Waals surface area contributed by atoms with Gasteiger partial charge in [0.2, 0.25) is 5.91 Å². The van der Waals surface area contributed by atoms with E-state index in [0.717, 1.165) is 16.7 Å². The zero-order valence-electron chi connectivity index (χ0n) is 20.7. The molecule has 0 saturated heterocycles. The normalized spacial score (nSPS) is 12.0. The number of nitrogens with one attached hydrogen (secondary N) is 2. The van der Waals surface area contributed by atoms with Crippen LogP contribution >= 0.6 is 0 Å². The van der Waals surface area contributed by atoms with Crippen molar-refractivity contribution in [1.29, 1.82) is 0 Å². The second kappa shape index (κ2) is 10.6. The van der Waals surface area contributed by atoms with E-state index in [2.05, 4.69) is 20.3 Å². The number of aryl methyl sites for hydroxylation is 3. The molecule has 192 valence electrons. The number of rotatable bonds is 8. The first-order chi connectivity index (χ1) is 17.7. The van der Waals surface area contributed by atoms with Gasteiger partial charge in [-0.3, -0.25) is 14.6 Å². The van der Waals surface area contributed by atoms with Crippen LogP contribution in [0.15, 0.2) is 46.0 Å². The fraction of sp³-hybridized carbons (Fsp3) is 0.308. The first-order valence-electron chi connectivity index (χ1n) is 11.7. The summed E-state index contributed by atoms with van der Waals surface area (Å²) in [4.78, 5) is 59.9. The molecule has 0 spiro atoms. The van der Waals surface area contributed by atoms with E-state index in [1.54, 1.807) is 16.7 Å². The number of aromatic hydroxyl groups is 1. The van der Waals surface area contributed by atoms with E-state index in [1.165, 1.54) is 19.2 Å². The summed E-state index contributed by atoms with van der Waals surface area (Å²) in [7, 11) is 1.25. The largest absolute Gasteiger partial charge is 0.508 e. The summed E-state index contributed by atoms with van der Waals surface area (Å²) in [6, 6.07) is 9.21. The van der Waals surface area contributed by atoms with E-state index in [1.807, 2.05) is 26.0 Å². The molecule has 3 N–H and O–H groups in total. The van der Waals surface area contributed by atoms with E-state index in [4.69, 9.17) is 4.74 Å². The lowest BCUT2D eigenvalue weighted by molar-refractivity contribution is -0.145.